The molecule has 3 nitrogen and oxygen atoms in total. The van der Waals surface area contributed by atoms with E-state index < -0.39 is 0 Å². The average molecular weight is 197 g/mol. The number of hydrogen-bond acceptors (Lipinski definition) is 3. The van der Waals surface area contributed by atoms with E-state index in [4.69, 9.17) is 4.74 Å². The Morgan fingerprint density at radius 2 is 1.71 bits per heavy atom. The molecule has 1 N–H and O–H groups in total. The molecule has 14 heavy (non-hydrogen) atoms. The van der Waals surface area contributed by atoms with Crippen molar-refractivity contribution >= 4 is 5.97 Å². The van der Waals surface area contributed by atoms with Gasteiger partial charge in [-0.3, -0.25) is 4.79 Å². The van der Waals surface area contributed by atoms with E-state index in [1.165, 1.54) is 25.7 Å². The summed E-state index contributed by atoms with van der Waals surface area (Å²) in [5, 5.41) is 3.09. The van der Waals surface area contributed by atoms with Gasteiger partial charge < -0.3 is 10.1 Å². The van der Waals surface area contributed by atoms with Gasteiger partial charge in [-0.15, -0.1) is 0 Å². The minimum Gasteiger partial charge on any atom is -0.462 e. The van der Waals surface area contributed by atoms with Crippen LogP contribution in [0.1, 0.15) is 38.5 Å². The number of carbonyl (C=O) groups excluding carboxylic acids is 1. The van der Waals surface area contributed by atoms with Gasteiger partial charge >= 0.3 is 5.97 Å². The lowest BCUT2D eigenvalue weighted by Gasteiger charge is -2.27. The van der Waals surface area contributed by atoms with Crippen LogP contribution in [0.3, 0.4) is 0 Å². The van der Waals surface area contributed by atoms with Crippen molar-refractivity contribution in [2.75, 3.05) is 13.1 Å². The van der Waals surface area contributed by atoms with Crippen molar-refractivity contribution in [2.45, 2.75) is 44.6 Å². The van der Waals surface area contributed by atoms with Gasteiger partial charge in [0.25, 0.3) is 0 Å². The first-order chi connectivity index (χ1) is 6.86. The van der Waals surface area contributed by atoms with Gasteiger partial charge in [0.2, 0.25) is 0 Å². The highest BCUT2D eigenvalue weighted by Gasteiger charge is 2.28. The van der Waals surface area contributed by atoms with Gasteiger partial charge in [0, 0.05) is 13.1 Å². The third kappa shape index (κ3) is 2.47. The number of esters is 1. The lowest BCUT2D eigenvalue weighted by molar-refractivity contribution is -0.156. The molecule has 2 aliphatic rings. The second kappa shape index (κ2) is 4.78. The van der Waals surface area contributed by atoms with E-state index in [0.29, 0.717) is 0 Å². The summed E-state index contributed by atoms with van der Waals surface area (Å²) in [6.45, 7) is 1.62. The minimum absolute atomic E-state index is 0.0238. The van der Waals surface area contributed by atoms with E-state index in [1.54, 1.807) is 0 Å². The van der Waals surface area contributed by atoms with Gasteiger partial charge in [-0.25, -0.2) is 0 Å². The van der Waals surface area contributed by atoms with Crippen LogP contribution >= 0.6 is 0 Å². The Labute approximate surface area is 85.2 Å². The number of nitrogens with one attached hydrogen (secondary N) is 1. The number of rotatable bonds is 2. The van der Waals surface area contributed by atoms with E-state index in [0.717, 1.165) is 25.9 Å². The molecule has 0 aromatic rings. The highest BCUT2D eigenvalue weighted by atomic mass is 16.5. The van der Waals surface area contributed by atoms with Crippen LogP contribution in [-0.4, -0.2) is 25.2 Å². The van der Waals surface area contributed by atoms with Gasteiger partial charge in [-0.1, -0.05) is 12.8 Å². The maximum atomic E-state index is 11.5. The average Bonchev–Trinajstić information content (AvgIpc) is 2.29. The molecule has 2 fully saturated rings. The van der Waals surface area contributed by atoms with Crippen molar-refractivity contribution in [1.29, 1.82) is 0 Å². The monoisotopic (exact) mass is 197 g/mol. The van der Waals surface area contributed by atoms with Crippen LogP contribution in [0, 0.1) is 5.92 Å². The molecule has 1 heterocycles. The Balaban J connectivity index is 1.74. The smallest absolute Gasteiger partial charge is 0.311 e. The van der Waals surface area contributed by atoms with Crippen molar-refractivity contribution in [2.24, 2.45) is 5.92 Å². The first-order valence-corrected chi connectivity index (χ1v) is 5.77. The van der Waals surface area contributed by atoms with Crippen LogP contribution in [0.5, 0.6) is 0 Å². The summed E-state index contributed by atoms with van der Waals surface area (Å²) < 4.78 is 5.50. The molecule has 1 aliphatic heterocycles. The van der Waals surface area contributed by atoms with E-state index in [-0.39, 0.29) is 18.0 Å². The van der Waals surface area contributed by atoms with Crippen LogP contribution in [-0.2, 0) is 9.53 Å². The van der Waals surface area contributed by atoms with Crippen LogP contribution in [0.25, 0.3) is 0 Å². The van der Waals surface area contributed by atoms with Crippen molar-refractivity contribution in [3.8, 4) is 0 Å². The Bertz CT molecular complexity index is 193. The largest absolute Gasteiger partial charge is 0.462 e. The number of carbonyl (C=O) groups is 1. The topological polar surface area (TPSA) is 38.3 Å². The Kier molecular flexibility index (Phi) is 3.40. The summed E-state index contributed by atoms with van der Waals surface area (Å²) in [5.41, 5.74) is 0. The van der Waals surface area contributed by atoms with Gasteiger partial charge in [-0.05, 0) is 25.7 Å². The third-order valence-electron chi connectivity index (χ3n) is 3.20. The lowest BCUT2D eigenvalue weighted by Crippen LogP contribution is -2.47. The first kappa shape index (κ1) is 9.97. The zero-order chi connectivity index (χ0) is 9.80. The third-order valence-corrected chi connectivity index (χ3v) is 3.20. The summed E-state index contributed by atoms with van der Waals surface area (Å²) >= 11 is 0. The highest BCUT2D eigenvalue weighted by molar-refractivity contribution is 5.74. The quantitative estimate of drug-likeness (QED) is 0.538. The molecule has 0 spiro atoms. The molecule has 2 rings (SSSR count). The summed E-state index contributed by atoms with van der Waals surface area (Å²) in [6.07, 6.45) is 7.42. The molecule has 0 aromatic carbocycles. The molecule has 0 bridgehead atoms. The molecule has 0 radical (unpaired) electrons. The van der Waals surface area contributed by atoms with Crippen molar-refractivity contribution < 1.29 is 9.53 Å². The van der Waals surface area contributed by atoms with Gasteiger partial charge in [0.1, 0.15) is 6.10 Å². The number of hydrogen-bond donors (Lipinski definition) is 1. The van der Waals surface area contributed by atoms with Gasteiger partial charge in [-0.2, -0.15) is 0 Å². The molecule has 0 atom stereocenters. The molecule has 1 saturated carbocycles. The Morgan fingerprint density at radius 3 is 2.21 bits per heavy atom. The van der Waals surface area contributed by atoms with E-state index in [2.05, 4.69) is 5.32 Å². The predicted octanol–water partition coefficient (Wildman–Crippen LogP) is 1.47. The molecular weight excluding hydrogens is 178 g/mol. The fourth-order valence-corrected chi connectivity index (χ4v) is 2.08. The first-order valence-electron chi connectivity index (χ1n) is 5.77. The molecule has 0 unspecified atom stereocenters. The lowest BCUT2D eigenvalue weighted by atomic mass is 10.0. The normalized spacial score (nSPS) is 25.1. The molecule has 80 valence electrons. The minimum atomic E-state index is 0.0238. The second-order valence-electron chi connectivity index (χ2n) is 4.41. The maximum Gasteiger partial charge on any atom is 0.311 e. The predicted molar refractivity (Wildman–Crippen MR) is 53.9 cm³/mol. The Morgan fingerprint density at radius 1 is 1.07 bits per heavy atom. The van der Waals surface area contributed by atoms with Crippen molar-refractivity contribution in [1.82, 2.24) is 5.32 Å². The van der Waals surface area contributed by atoms with Gasteiger partial charge in [0.15, 0.2) is 0 Å². The maximum absolute atomic E-state index is 11.5. The Hall–Kier alpha value is -0.570. The summed E-state index contributed by atoms with van der Waals surface area (Å²) in [5.74, 6) is 0.161. The standard InChI is InChI=1S/C11H19NO2/c13-11(9-7-12-8-9)14-10-5-3-1-2-4-6-10/h9-10,12H,1-8H2. The molecule has 1 aliphatic carbocycles. The van der Waals surface area contributed by atoms with E-state index in [1.807, 2.05) is 0 Å². The fourth-order valence-electron chi connectivity index (χ4n) is 2.08. The summed E-state index contributed by atoms with van der Waals surface area (Å²) in [6, 6.07) is 0. The fraction of sp³-hybridized carbons (Fsp3) is 0.909. The van der Waals surface area contributed by atoms with E-state index in [9.17, 15) is 4.79 Å². The zero-order valence-electron chi connectivity index (χ0n) is 8.63. The highest BCUT2D eigenvalue weighted by Crippen LogP contribution is 2.21. The second-order valence-corrected chi connectivity index (χ2v) is 4.41. The molecular formula is C11H19NO2. The van der Waals surface area contributed by atoms with Crippen LogP contribution in [0.4, 0.5) is 0 Å². The SMILES string of the molecule is O=C(OC1CCCCCC1)C1CNC1. The molecule has 3 heteroatoms. The van der Waals surface area contributed by atoms with Gasteiger partial charge in [0.05, 0.1) is 5.92 Å². The summed E-state index contributed by atoms with van der Waals surface area (Å²) in [4.78, 5) is 11.5. The van der Waals surface area contributed by atoms with Crippen LogP contribution in [0.15, 0.2) is 0 Å². The zero-order valence-corrected chi connectivity index (χ0v) is 8.63. The molecule has 0 aromatic heterocycles. The molecule has 0 amide bonds. The summed E-state index contributed by atoms with van der Waals surface area (Å²) in [7, 11) is 0. The van der Waals surface area contributed by atoms with Crippen LogP contribution < -0.4 is 5.32 Å². The van der Waals surface area contributed by atoms with E-state index >= 15 is 0 Å². The molecule has 1 saturated heterocycles. The van der Waals surface area contributed by atoms with Crippen LogP contribution in [0.2, 0.25) is 0 Å². The number of ether oxygens (including phenoxy) is 1. The van der Waals surface area contributed by atoms with Crippen molar-refractivity contribution in [3.05, 3.63) is 0 Å². The van der Waals surface area contributed by atoms with Crippen molar-refractivity contribution in [3.63, 3.8) is 0 Å².